The highest BCUT2D eigenvalue weighted by Gasteiger charge is 2.60. The van der Waals surface area contributed by atoms with Gasteiger partial charge in [-0.1, -0.05) is 42.2 Å². The molecule has 26 heavy (non-hydrogen) atoms. The third-order valence-corrected chi connectivity index (χ3v) is 7.31. The van der Waals surface area contributed by atoms with E-state index in [1.165, 1.54) is 28.4 Å². The van der Waals surface area contributed by atoms with Crippen LogP contribution in [-0.4, -0.2) is 55.9 Å². The maximum absolute atomic E-state index is 12.2. The molecule has 2 saturated heterocycles. The standard InChI is InChI=1S/C17H18N2O4S3/c1-9(20)12-14(21)19-13(16(22)23)11(26-15(12)19)8-25-17(24)18(2)10-6-4-3-5-7-10/h3-9,12-13,15,20H,1-2H3,(H,22,23)/t9-,12+,13?,15-/m1/s1. The van der Waals surface area contributed by atoms with E-state index in [2.05, 4.69) is 0 Å². The fraction of sp³-hybridized carbons (Fsp3) is 0.353. The number of aliphatic hydroxyl groups is 1. The first-order chi connectivity index (χ1) is 12.3. The van der Waals surface area contributed by atoms with Crippen LogP contribution in [-0.2, 0) is 9.59 Å². The summed E-state index contributed by atoms with van der Waals surface area (Å²) in [7, 11) is 1.85. The van der Waals surface area contributed by atoms with Crippen molar-refractivity contribution >= 4 is 57.6 Å². The first kappa shape index (κ1) is 19.2. The lowest BCUT2D eigenvalue weighted by Crippen LogP contribution is -2.63. The lowest BCUT2D eigenvalue weighted by molar-refractivity contribution is -0.165. The third-order valence-electron chi connectivity index (χ3n) is 4.37. The highest BCUT2D eigenvalue weighted by molar-refractivity contribution is 8.25. The number of aliphatic carboxylic acids is 1. The third kappa shape index (κ3) is 3.36. The van der Waals surface area contributed by atoms with Crippen LogP contribution in [0, 0.1) is 5.92 Å². The van der Waals surface area contributed by atoms with Gasteiger partial charge < -0.3 is 20.0 Å². The second-order valence-corrected chi connectivity index (χ2v) is 8.75. The molecule has 0 bridgehead atoms. The molecule has 6 nitrogen and oxygen atoms in total. The molecule has 138 valence electrons. The van der Waals surface area contributed by atoms with Gasteiger partial charge >= 0.3 is 5.97 Å². The summed E-state index contributed by atoms with van der Waals surface area (Å²) in [4.78, 5) is 27.6. The van der Waals surface area contributed by atoms with E-state index < -0.39 is 24.0 Å². The second-order valence-electron chi connectivity index (χ2n) is 6.06. The highest BCUT2D eigenvalue weighted by Crippen LogP contribution is 2.51. The number of thioether (sulfide) groups is 2. The van der Waals surface area contributed by atoms with E-state index in [0.29, 0.717) is 9.23 Å². The summed E-state index contributed by atoms with van der Waals surface area (Å²) in [6.07, 6.45) is -0.803. The molecular formula is C17H18N2O4S3. The van der Waals surface area contributed by atoms with Crippen LogP contribution in [0.15, 0.2) is 40.6 Å². The zero-order chi connectivity index (χ0) is 19.0. The van der Waals surface area contributed by atoms with Gasteiger partial charge in [0, 0.05) is 17.6 Å². The van der Waals surface area contributed by atoms with Gasteiger partial charge in [0.15, 0.2) is 6.04 Å². The molecule has 2 aliphatic heterocycles. The Balaban J connectivity index is 1.74. The number of carbonyl (C=O) groups excluding carboxylic acids is 1. The van der Waals surface area contributed by atoms with Crippen molar-refractivity contribution in [1.82, 2.24) is 4.90 Å². The summed E-state index contributed by atoms with van der Waals surface area (Å²) in [6, 6.07) is 8.60. The summed E-state index contributed by atoms with van der Waals surface area (Å²) >= 11 is 7.99. The number of hydrogen-bond acceptors (Lipinski definition) is 6. The molecule has 1 amide bonds. The molecule has 4 atom stereocenters. The van der Waals surface area contributed by atoms with Crippen LogP contribution in [0.5, 0.6) is 0 Å². The lowest BCUT2D eigenvalue weighted by Gasteiger charge is -2.44. The van der Waals surface area contributed by atoms with Crippen LogP contribution in [0.1, 0.15) is 6.92 Å². The molecular weight excluding hydrogens is 392 g/mol. The number of nitrogens with zero attached hydrogens (tertiary/aromatic N) is 2. The van der Waals surface area contributed by atoms with E-state index in [0.717, 1.165) is 5.69 Å². The fourth-order valence-electron chi connectivity index (χ4n) is 2.98. The molecule has 0 aromatic heterocycles. The van der Waals surface area contributed by atoms with Gasteiger partial charge in [0.1, 0.15) is 4.32 Å². The molecule has 0 saturated carbocycles. The van der Waals surface area contributed by atoms with Gasteiger partial charge in [-0.2, -0.15) is 0 Å². The van der Waals surface area contributed by atoms with Gasteiger partial charge in [-0.3, -0.25) is 4.79 Å². The number of thiocarbonyl (C=S) groups is 1. The number of benzene rings is 1. The number of carboxylic acid groups (broad SMARTS) is 1. The van der Waals surface area contributed by atoms with Crippen molar-refractivity contribution in [1.29, 1.82) is 0 Å². The minimum Gasteiger partial charge on any atom is -0.479 e. The van der Waals surface area contributed by atoms with E-state index in [1.807, 2.05) is 42.3 Å². The normalized spacial score (nSPS) is 27.0. The zero-order valence-corrected chi connectivity index (χ0v) is 16.6. The van der Waals surface area contributed by atoms with Gasteiger partial charge in [0.05, 0.1) is 17.4 Å². The molecule has 1 aromatic carbocycles. The van der Waals surface area contributed by atoms with Gasteiger partial charge in [0.25, 0.3) is 0 Å². The van der Waals surface area contributed by atoms with Crippen LogP contribution in [0.4, 0.5) is 5.69 Å². The Morgan fingerprint density at radius 3 is 2.65 bits per heavy atom. The molecule has 2 fully saturated rings. The van der Waals surface area contributed by atoms with Crippen molar-refractivity contribution < 1.29 is 19.8 Å². The summed E-state index contributed by atoms with van der Waals surface area (Å²) in [5.41, 5.74) is 0.936. The summed E-state index contributed by atoms with van der Waals surface area (Å²) in [6.45, 7) is 1.55. The van der Waals surface area contributed by atoms with Gasteiger partial charge in [-0.05, 0) is 24.5 Å². The quantitative estimate of drug-likeness (QED) is 0.578. The van der Waals surface area contributed by atoms with Crippen molar-refractivity contribution in [2.75, 3.05) is 11.9 Å². The smallest absolute Gasteiger partial charge is 0.331 e. The predicted octanol–water partition coefficient (Wildman–Crippen LogP) is 2.35. The molecule has 0 spiro atoms. The first-order valence-corrected chi connectivity index (χ1v) is 10.1. The van der Waals surface area contributed by atoms with E-state index in [1.54, 1.807) is 12.3 Å². The van der Waals surface area contributed by atoms with Crippen molar-refractivity contribution in [3.05, 3.63) is 40.6 Å². The van der Waals surface area contributed by atoms with Crippen LogP contribution in [0.2, 0.25) is 0 Å². The van der Waals surface area contributed by atoms with Gasteiger partial charge in [0.2, 0.25) is 5.91 Å². The molecule has 2 aliphatic rings. The largest absolute Gasteiger partial charge is 0.479 e. The molecule has 2 N–H and O–H groups in total. The minimum absolute atomic E-state index is 0.317. The van der Waals surface area contributed by atoms with E-state index in [9.17, 15) is 19.8 Å². The number of fused-ring (bicyclic) bond motifs is 1. The Hall–Kier alpha value is -1.55. The maximum atomic E-state index is 12.2. The summed E-state index contributed by atoms with van der Waals surface area (Å²) in [5, 5.41) is 20.7. The average molecular weight is 411 g/mol. The molecule has 0 radical (unpaired) electrons. The zero-order valence-electron chi connectivity index (χ0n) is 14.1. The van der Waals surface area contributed by atoms with Crippen LogP contribution < -0.4 is 4.90 Å². The summed E-state index contributed by atoms with van der Waals surface area (Å²) in [5.74, 6) is -1.95. The van der Waals surface area contributed by atoms with Crippen molar-refractivity contribution in [3.63, 3.8) is 0 Å². The topological polar surface area (TPSA) is 81.1 Å². The molecule has 3 rings (SSSR count). The number of carbonyl (C=O) groups is 2. The van der Waals surface area contributed by atoms with Gasteiger partial charge in [-0.15, -0.1) is 11.8 Å². The Bertz CT molecular complexity index is 769. The number of para-hydroxylation sites is 1. The number of aliphatic hydroxyl groups excluding tert-OH is 1. The molecule has 9 heteroatoms. The van der Waals surface area contributed by atoms with Gasteiger partial charge in [-0.25, -0.2) is 4.79 Å². The number of rotatable bonds is 4. The Kier molecular flexibility index (Phi) is 5.61. The van der Waals surface area contributed by atoms with Crippen molar-refractivity contribution in [2.24, 2.45) is 5.92 Å². The SMILES string of the molecule is C[C@@H](O)[C@H]1C(=O)N2C(C(=O)O)C(=CSC(=S)N(C)c3ccccc3)S[C@H]12. The Labute approximate surface area is 165 Å². The Morgan fingerprint density at radius 1 is 1.42 bits per heavy atom. The molecule has 1 aromatic rings. The molecule has 0 aliphatic carbocycles. The van der Waals surface area contributed by atoms with E-state index in [-0.39, 0.29) is 11.3 Å². The maximum Gasteiger partial charge on any atom is 0.331 e. The van der Waals surface area contributed by atoms with Crippen molar-refractivity contribution in [2.45, 2.75) is 24.4 Å². The fourth-order valence-corrected chi connectivity index (χ4v) is 5.66. The Morgan fingerprint density at radius 2 is 2.08 bits per heavy atom. The van der Waals surface area contributed by atoms with E-state index in [4.69, 9.17) is 12.2 Å². The molecule has 2 heterocycles. The van der Waals surface area contributed by atoms with Crippen LogP contribution >= 0.6 is 35.7 Å². The van der Waals surface area contributed by atoms with Crippen molar-refractivity contribution in [3.8, 4) is 0 Å². The first-order valence-electron chi connectivity index (χ1n) is 7.92. The lowest BCUT2D eigenvalue weighted by atomic mass is 9.91. The summed E-state index contributed by atoms with van der Waals surface area (Å²) < 4.78 is 0.570. The average Bonchev–Trinajstić information content (AvgIpc) is 2.93. The molecule has 1 unspecified atom stereocenters. The minimum atomic E-state index is -1.08. The number of β-lactam (4-membered cyclic amide) rings is 1. The highest BCUT2D eigenvalue weighted by atomic mass is 32.2. The monoisotopic (exact) mass is 410 g/mol. The van der Waals surface area contributed by atoms with E-state index >= 15 is 0 Å². The number of carboxylic acids is 1. The predicted molar refractivity (Wildman–Crippen MR) is 108 cm³/mol. The second kappa shape index (κ2) is 7.59. The number of anilines is 1. The van der Waals surface area contributed by atoms with Crippen LogP contribution in [0.3, 0.4) is 0 Å². The number of hydrogen-bond donors (Lipinski definition) is 2. The number of amides is 1. The van der Waals surface area contributed by atoms with Crippen LogP contribution in [0.25, 0.3) is 0 Å².